The van der Waals surface area contributed by atoms with Crippen LogP contribution in [-0.2, 0) is 0 Å². The second-order valence-electron chi connectivity index (χ2n) is 5.54. The molecule has 7 nitrogen and oxygen atoms in total. The third kappa shape index (κ3) is 3.07. The summed E-state index contributed by atoms with van der Waals surface area (Å²) in [5.41, 5.74) is -0.326. The minimum Gasteiger partial charge on any atom is -0.481 e. The normalized spacial score (nSPS) is 17.5. The molecule has 0 unspecified atom stereocenters. The van der Waals surface area contributed by atoms with Gasteiger partial charge in [0.25, 0.3) is 5.91 Å². The van der Waals surface area contributed by atoms with E-state index in [0.717, 1.165) is 0 Å². The minimum atomic E-state index is -0.966. The molecule has 1 aliphatic rings. The van der Waals surface area contributed by atoms with Crippen LogP contribution in [0.25, 0.3) is 0 Å². The Bertz CT molecular complexity index is 559. The zero-order chi connectivity index (χ0) is 15.6. The lowest BCUT2D eigenvalue weighted by molar-refractivity contribution is 0.0220. The van der Waals surface area contributed by atoms with Crippen LogP contribution in [0.2, 0.25) is 0 Å². The van der Waals surface area contributed by atoms with Crippen molar-refractivity contribution in [3.8, 4) is 5.88 Å². The Balaban J connectivity index is 2.16. The van der Waals surface area contributed by atoms with E-state index in [-0.39, 0.29) is 12.5 Å². The maximum Gasteiger partial charge on any atom is 0.407 e. The van der Waals surface area contributed by atoms with Crippen molar-refractivity contribution in [2.75, 3.05) is 26.7 Å². The zero-order valence-electron chi connectivity index (χ0n) is 12.4. The molecular weight excluding hydrogens is 274 g/mol. The molecule has 0 aliphatic carbocycles. The number of piperazine rings is 1. The fourth-order valence-corrected chi connectivity index (χ4v) is 2.49. The highest BCUT2D eigenvalue weighted by Crippen LogP contribution is 2.22. The number of carbonyl (C=O) groups is 2. The number of hydrogen-bond acceptors (Lipinski definition) is 4. The summed E-state index contributed by atoms with van der Waals surface area (Å²) in [4.78, 5) is 30.8. The summed E-state index contributed by atoms with van der Waals surface area (Å²) in [6.07, 6.45) is -0.966. The Labute approximate surface area is 123 Å². The number of rotatable bonds is 2. The fraction of sp³-hybridized carbons (Fsp3) is 0.500. The van der Waals surface area contributed by atoms with Gasteiger partial charge in [-0.25, -0.2) is 9.78 Å². The van der Waals surface area contributed by atoms with E-state index in [1.807, 2.05) is 0 Å². The first kappa shape index (κ1) is 15.1. The Morgan fingerprint density at radius 1 is 1.33 bits per heavy atom. The summed E-state index contributed by atoms with van der Waals surface area (Å²) >= 11 is 0. The van der Waals surface area contributed by atoms with Gasteiger partial charge in [-0.15, -0.1) is 0 Å². The molecule has 1 fully saturated rings. The monoisotopic (exact) mass is 293 g/mol. The maximum atomic E-state index is 12.5. The molecule has 114 valence electrons. The number of methoxy groups -OCH3 is 1. The SMILES string of the molecule is COc1cccc(C(=O)N2CCN(C(=O)O)C(C)(C)C2)n1. The molecule has 0 spiro atoms. The average molecular weight is 293 g/mol. The molecule has 0 radical (unpaired) electrons. The van der Waals surface area contributed by atoms with Crippen LogP contribution in [0.4, 0.5) is 4.79 Å². The molecular formula is C14H19N3O4. The third-order valence-electron chi connectivity index (χ3n) is 3.57. The third-order valence-corrected chi connectivity index (χ3v) is 3.57. The van der Waals surface area contributed by atoms with E-state index in [2.05, 4.69) is 4.98 Å². The molecule has 1 aromatic rings. The van der Waals surface area contributed by atoms with Gasteiger partial charge >= 0.3 is 6.09 Å². The Hall–Kier alpha value is -2.31. The number of hydrogen-bond donors (Lipinski definition) is 1. The second kappa shape index (κ2) is 5.59. The lowest BCUT2D eigenvalue weighted by atomic mass is 9.99. The number of nitrogens with zero attached hydrogens (tertiary/aromatic N) is 3. The predicted octanol–water partition coefficient (Wildman–Crippen LogP) is 1.30. The van der Waals surface area contributed by atoms with Gasteiger partial charge in [0.15, 0.2) is 0 Å². The number of carbonyl (C=O) groups excluding carboxylic acids is 1. The van der Waals surface area contributed by atoms with Gasteiger partial charge in [-0.05, 0) is 19.9 Å². The van der Waals surface area contributed by atoms with Gasteiger partial charge in [0, 0.05) is 25.7 Å². The molecule has 0 aromatic carbocycles. The lowest BCUT2D eigenvalue weighted by Gasteiger charge is -2.45. The molecule has 21 heavy (non-hydrogen) atoms. The average Bonchev–Trinajstić information content (AvgIpc) is 2.45. The summed E-state index contributed by atoms with van der Waals surface area (Å²) in [5, 5.41) is 9.18. The Morgan fingerprint density at radius 2 is 2.05 bits per heavy atom. The molecule has 2 amide bonds. The van der Waals surface area contributed by atoms with Crippen LogP contribution < -0.4 is 4.74 Å². The van der Waals surface area contributed by atoms with Crippen LogP contribution >= 0.6 is 0 Å². The molecule has 7 heteroatoms. The maximum absolute atomic E-state index is 12.5. The van der Waals surface area contributed by atoms with Crippen LogP contribution in [0, 0.1) is 0 Å². The van der Waals surface area contributed by atoms with Crippen molar-refractivity contribution in [1.82, 2.24) is 14.8 Å². The number of aromatic nitrogens is 1. The largest absolute Gasteiger partial charge is 0.481 e. The first-order chi connectivity index (χ1) is 9.85. The molecule has 2 heterocycles. The fourth-order valence-electron chi connectivity index (χ4n) is 2.49. The van der Waals surface area contributed by atoms with Gasteiger partial charge < -0.3 is 14.7 Å². The molecule has 0 atom stereocenters. The van der Waals surface area contributed by atoms with Crippen molar-refractivity contribution in [2.45, 2.75) is 19.4 Å². The van der Waals surface area contributed by atoms with Gasteiger partial charge in [0.2, 0.25) is 5.88 Å². The van der Waals surface area contributed by atoms with Gasteiger partial charge in [0.1, 0.15) is 5.69 Å². The number of ether oxygens (including phenoxy) is 1. The molecule has 1 aromatic heterocycles. The van der Waals surface area contributed by atoms with Crippen molar-refractivity contribution in [2.24, 2.45) is 0 Å². The minimum absolute atomic E-state index is 0.216. The van der Waals surface area contributed by atoms with Crippen LogP contribution in [-0.4, -0.2) is 64.2 Å². The van der Waals surface area contributed by atoms with Crippen molar-refractivity contribution >= 4 is 12.0 Å². The number of amides is 2. The van der Waals surface area contributed by atoms with Crippen molar-refractivity contribution in [3.63, 3.8) is 0 Å². The number of pyridine rings is 1. The van der Waals surface area contributed by atoms with E-state index in [4.69, 9.17) is 4.74 Å². The molecule has 0 saturated carbocycles. The van der Waals surface area contributed by atoms with E-state index in [1.54, 1.807) is 36.9 Å². The first-order valence-corrected chi connectivity index (χ1v) is 6.66. The standard InChI is InChI=1S/C14H19N3O4/c1-14(2)9-16(7-8-17(14)13(19)20)12(18)10-5-4-6-11(15-10)21-3/h4-6H,7-9H2,1-3H3,(H,19,20). The summed E-state index contributed by atoms with van der Waals surface area (Å²) in [7, 11) is 1.49. The smallest absolute Gasteiger partial charge is 0.407 e. The summed E-state index contributed by atoms with van der Waals surface area (Å²) in [6.45, 7) is 4.58. The highest BCUT2D eigenvalue weighted by Gasteiger charge is 2.38. The van der Waals surface area contributed by atoms with E-state index >= 15 is 0 Å². The van der Waals surface area contributed by atoms with Crippen LogP contribution in [0.15, 0.2) is 18.2 Å². The topological polar surface area (TPSA) is 83.0 Å². The quantitative estimate of drug-likeness (QED) is 0.888. The van der Waals surface area contributed by atoms with Crippen LogP contribution in [0.1, 0.15) is 24.3 Å². The molecule has 0 bridgehead atoms. The molecule has 1 aliphatic heterocycles. The molecule has 2 rings (SSSR count). The Kier molecular flexibility index (Phi) is 4.02. The zero-order valence-corrected chi connectivity index (χ0v) is 12.4. The summed E-state index contributed by atoms with van der Waals surface area (Å²) in [6, 6.07) is 5.00. The van der Waals surface area contributed by atoms with E-state index in [0.29, 0.717) is 24.7 Å². The van der Waals surface area contributed by atoms with Crippen LogP contribution in [0.5, 0.6) is 5.88 Å². The molecule has 1 N–H and O–H groups in total. The predicted molar refractivity (Wildman–Crippen MR) is 75.5 cm³/mol. The molecule has 1 saturated heterocycles. The van der Waals surface area contributed by atoms with Crippen LogP contribution in [0.3, 0.4) is 0 Å². The van der Waals surface area contributed by atoms with Crippen molar-refractivity contribution < 1.29 is 19.4 Å². The lowest BCUT2D eigenvalue weighted by Crippen LogP contribution is -2.61. The van der Waals surface area contributed by atoms with Gasteiger partial charge in [-0.2, -0.15) is 0 Å². The Morgan fingerprint density at radius 3 is 2.62 bits per heavy atom. The first-order valence-electron chi connectivity index (χ1n) is 6.66. The highest BCUT2D eigenvalue weighted by atomic mass is 16.5. The van der Waals surface area contributed by atoms with Crippen molar-refractivity contribution in [3.05, 3.63) is 23.9 Å². The second-order valence-corrected chi connectivity index (χ2v) is 5.54. The summed E-state index contributed by atoms with van der Waals surface area (Å²) < 4.78 is 5.01. The van der Waals surface area contributed by atoms with Gasteiger partial charge in [-0.3, -0.25) is 9.69 Å². The number of carboxylic acid groups (broad SMARTS) is 1. The van der Waals surface area contributed by atoms with Gasteiger partial charge in [0.05, 0.1) is 12.6 Å². The van der Waals surface area contributed by atoms with E-state index in [1.165, 1.54) is 12.0 Å². The van der Waals surface area contributed by atoms with E-state index in [9.17, 15) is 14.7 Å². The van der Waals surface area contributed by atoms with Gasteiger partial charge in [-0.1, -0.05) is 6.07 Å². The van der Waals surface area contributed by atoms with Crippen molar-refractivity contribution in [1.29, 1.82) is 0 Å². The highest BCUT2D eigenvalue weighted by molar-refractivity contribution is 5.92. The van der Waals surface area contributed by atoms with E-state index < -0.39 is 11.6 Å². The summed E-state index contributed by atoms with van der Waals surface area (Å²) in [5.74, 6) is 0.163.